The van der Waals surface area contributed by atoms with Gasteiger partial charge in [-0.3, -0.25) is 9.59 Å². The first-order valence-electron chi connectivity index (χ1n) is 8.19. The molecule has 0 saturated heterocycles. The molecule has 5 nitrogen and oxygen atoms in total. The molecule has 0 aromatic heterocycles. The van der Waals surface area contributed by atoms with Crippen LogP contribution in [0.3, 0.4) is 0 Å². The average Bonchev–Trinajstić information content (AvgIpc) is 2.61. The summed E-state index contributed by atoms with van der Waals surface area (Å²) < 4.78 is 0.972. The van der Waals surface area contributed by atoms with E-state index in [1.54, 1.807) is 0 Å². The monoisotopic (exact) mass is 449 g/mol. The molecule has 6 heteroatoms. The number of nitrogens with one attached hydrogen (secondary N) is 2. The summed E-state index contributed by atoms with van der Waals surface area (Å²) in [5.74, 6) is -0.160. The normalized spacial score (nSPS) is 15.7. The van der Waals surface area contributed by atoms with Crippen LogP contribution in [0.15, 0.2) is 42.5 Å². The van der Waals surface area contributed by atoms with E-state index in [4.69, 9.17) is 5.73 Å². The zero-order chi connectivity index (χ0) is 18.0. The third kappa shape index (κ3) is 4.01. The van der Waals surface area contributed by atoms with Crippen LogP contribution < -0.4 is 16.4 Å². The van der Waals surface area contributed by atoms with Crippen LogP contribution in [0.1, 0.15) is 42.1 Å². The van der Waals surface area contributed by atoms with E-state index in [1.807, 2.05) is 49.4 Å². The zero-order valence-electron chi connectivity index (χ0n) is 13.9. The van der Waals surface area contributed by atoms with Gasteiger partial charge in [0.25, 0.3) is 0 Å². The van der Waals surface area contributed by atoms with Gasteiger partial charge in [0.2, 0.25) is 11.8 Å². The van der Waals surface area contributed by atoms with E-state index in [1.165, 1.54) is 0 Å². The molecule has 1 aliphatic heterocycles. The topological polar surface area (TPSA) is 84.2 Å². The van der Waals surface area contributed by atoms with E-state index in [9.17, 15) is 9.59 Å². The lowest BCUT2D eigenvalue weighted by atomic mass is 9.97. The van der Waals surface area contributed by atoms with Crippen molar-refractivity contribution in [1.29, 1.82) is 0 Å². The van der Waals surface area contributed by atoms with Crippen LogP contribution in [-0.2, 0) is 16.0 Å². The number of halogens is 1. The second-order valence-electron chi connectivity index (χ2n) is 6.19. The summed E-state index contributed by atoms with van der Waals surface area (Å²) in [5.41, 5.74) is 9.90. The SMILES string of the molecule is CC(NC(=O)C(N)c1ccccc1I)c1ccc2c(c1)CCC(=O)N2. The Morgan fingerprint density at radius 2 is 2.00 bits per heavy atom. The molecule has 0 saturated carbocycles. The quantitative estimate of drug-likeness (QED) is 0.628. The molecule has 0 radical (unpaired) electrons. The Morgan fingerprint density at radius 3 is 2.76 bits per heavy atom. The first-order chi connectivity index (χ1) is 12.0. The summed E-state index contributed by atoms with van der Waals surface area (Å²) in [5, 5.41) is 5.85. The van der Waals surface area contributed by atoms with Crippen molar-refractivity contribution in [2.24, 2.45) is 5.73 Å². The number of amides is 2. The number of carbonyl (C=O) groups excluding carboxylic acids is 2. The minimum Gasteiger partial charge on any atom is -0.348 e. The summed E-state index contributed by atoms with van der Waals surface area (Å²) in [4.78, 5) is 24.0. The molecule has 4 N–H and O–H groups in total. The van der Waals surface area contributed by atoms with Crippen LogP contribution in [0.25, 0.3) is 0 Å². The largest absolute Gasteiger partial charge is 0.348 e. The molecule has 2 aromatic rings. The van der Waals surface area contributed by atoms with Gasteiger partial charge >= 0.3 is 0 Å². The number of benzene rings is 2. The average molecular weight is 449 g/mol. The number of rotatable bonds is 4. The third-order valence-electron chi connectivity index (χ3n) is 4.41. The maximum atomic E-state index is 12.5. The highest BCUT2D eigenvalue weighted by Crippen LogP contribution is 2.26. The molecular formula is C19H20IN3O2. The van der Waals surface area contributed by atoms with Crippen molar-refractivity contribution in [3.63, 3.8) is 0 Å². The van der Waals surface area contributed by atoms with Gasteiger partial charge in [0, 0.05) is 15.7 Å². The Bertz CT molecular complexity index is 822. The molecule has 0 spiro atoms. The molecule has 130 valence electrons. The Hall–Kier alpha value is -1.93. The molecular weight excluding hydrogens is 429 g/mol. The number of fused-ring (bicyclic) bond motifs is 1. The van der Waals surface area contributed by atoms with Crippen molar-refractivity contribution in [3.8, 4) is 0 Å². The van der Waals surface area contributed by atoms with Crippen molar-refractivity contribution < 1.29 is 9.59 Å². The lowest BCUT2D eigenvalue weighted by Crippen LogP contribution is -2.36. The van der Waals surface area contributed by atoms with Gasteiger partial charge < -0.3 is 16.4 Å². The van der Waals surface area contributed by atoms with Crippen LogP contribution in [0.5, 0.6) is 0 Å². The van der Waals surface area contributed by atoms with Crippen molar-refractivity contribution in [2.45, 2.75) is 31.8 Å². The summed E-state index contributed by atoms with van der Waals surface area (Å²) in [6, 6.07) is 12.6. The van der Waals surface area contributed by atoms with Gasteiger partial charge in [0.15, 0.2) is 0 Å². The predicted octanol–water partition coefficient (Wildman–Crippen LogP) is 3.05. The number of anilines is 1. The molecule has 1 heterocycles. The highest BCUT2D eigenvalue weighted by Gasteiger charge is 2.21. The standard InChI is InChI=1S/C19H20IN3O2/c1-11(12-6-8-16-13(10-12)7-9-17(24)23-16)22-19(25)18(21)14-4-2-3-5-15(14)20/h2-6,8,10-11,18H,7,9,21H2,1H3,(H,22,25)(H,23,24). The van der Waals surface area contributed by atoms with Gasteiger partial charge in [-0.1, -0.05) is 30.3 Å². The lowest BCUT2D eigenvalue weighted by Gasteiger charge is -2.22. The van der Waals surface area contributed by atoms with Crippen molar-refractivity contribution in [3.05, 3.63) is 62.7 Å². The molecule has 1 aliphatic rings. The minimum atomic E-state index is -0.701. The summed E-state index contributed by atoms with van der Waals surface area (Å²) in [6.45, 7) is 1.93. The number of hydrogen-bond donors (Lipinski definition) is 3. The molecule has 2 unspecified atom stereocenters. The first kappa shape index (κ1) is 17.9. The number of nitrogens with two attached hydrogens (primary N) is 1. The van der Waals surface area contributed by atoms with E-state index in [0.717, 1.165) is 32.4 Å². The van der Waals surface area contributed by atoms with Gasteiger partial charge in [-0.25, -0.2) is 0 Å². The summed E-state index contributed by atoms with van der Waals surface area (Å²) in [6.07, 6.45) is 1.21. The highest BCUT2D eigenvalue weighted by molar-refractivity contribution is 14.1. The van der Waals surface area contributed by atoms with Gasteiger partial charge in [-0.15, -0.1) is 0 Å². The number of aryl methyl sites for hydroxylation is 1. The minimum absolute atomic E-state index is 0.0463. The fourth-order valence-electron chi connectivity index (χ4n) is 2.93. The van der Waals surface area contributed by atoms with Crippen LogP contribution in [0.2, 0.25) is 0 Å². The van der Waals surface area contributed by atoms with Crippen LogP contribution in [0, 0.1) is 3.57 Å². The number of carbonyl (C=O) groups is 2. The van der Waals surface area contributed by atoms with Crippen LogP contribution in [0.4, 0.5) is 5.69 Å². The Balaban J connectivity index is 1.71. The molecule has 0 fully saturated rings. The zero-order valence-corrected chi connectivity index (χ0v) is 16.0. The van der Waals surface area contributed by atoms with Crippen molar-refractivity contribution in [1.82, 2.24) is 5.32 Å². The molecule has 25 heavy (non-hydrogen) atoms. The number of hydrogen-bond acceptors (Lipinski definition) is 3. The van der Waals surface area contributed by atoms with E-state index in [0.29, 0.717) is 6.42 Å². The van der Waals surface area contributed by atoms with Gasteiger partial charge in [-0.05, 0) is 64.8 Å². The second-order valence-corrected chi connectivity index (χ2v) is 7.36. The van der Waals surface area contributed by atoms with E-state index < -0.39 is 6.04 Å². The maximum absolute atomic E-state index is 12.5. The Labute approximate surface area is 160 Å². The fraction of sp³-hybridized carbons (Fsp3) is 0.263. The smallest absolute Gasteiger partial charge is 0.242 e. The van der Waals surface area contributed by atoms with Crippen LogP contribution in [-0.4, -0.2) is 11.8 Å². The van der Waals surface area contributed by atoms with Crippen LogP contribution >= 0.6 is 22.6 Å². The molecule has 2 amide bonds. The third-order valence-corrected chi connectivity index (χ3v) is 5.39. The Morgan fingerprint density at radius 1 is 1.24 bits per heavy atom. The van der Waals surface area contributed by atoms with E-state index in [2.05, 4.69) is 33.2 Å². The summed E-state index contributed by atoms with van der Waals surface area (Å²) in [7, 11) is 0. The molecule has 2 aromatic carbocycles. The summed E-state index contributed by atoms with van der Waals surface area (Å²) >= 11 is 2.18. The van der Waals surface area contributed by atoms with Gasteiger partial charge in [-0.2, -0.15) is 0 Å². The maximum Gasteiger partial charge on any atom is 0.242 e. The lowest BCUT2D eigenvalue weighted by molar-refractivity contribution is -0.123. The second kappa shape index (κ2) is 7.53. The van der Waals surface area contributed by atoms with Crippen molar-refractivity contribution >= 4 is 40.1 Å². The molecule has 0 aliphatic carbocycles. The van der Waals surface area contributed by atoms with E-state index in [-0.39, 0.29) is 17.9 Å². The van der Waals surface area contributed by atoms with Gasteiger partial charge in [0.05, 0.1) is 6.04 Å². The molecule has 2 atom stereocenters. The molecule has 3 rings (SSSR count). The van der Waals surface area contributed by atoms with Crippen molar-refractivity contribution in [2.75, 3.05) is 5.32 Å². The fourth-order valence-corrected chi connectivity index (χ4v) is 3.65. The predicted molar refractivity (Wildman–Crippen MR) is 106 cm³/mol. The first-order valence-corrected chi connectivity index (χ1v) is 9.26. The molecule has 0 bridgehead atoms. The highest BCUT2D eigenvalue weighted by atomic mass is 127. The van der Waals surface area contributed by atoms with Gasteiger partial charge in [0.1, 0.15) is 6.04 Å². The Kier molecular flexibility index (Phi) is 5.39. The van der Waals surface area contributed by atoms with E-state index >= 15 is 0 Å².